The van der Waals surface area contributed by atoms with Gasteiger partial charge < -0.3 is 5.84 Å². The van der Waals surface area contributed by atoms with Crippen LogP contribution in [0, 0.1) is 0 Å². The second-order valence-electron chi connectivity index (χ2n) is 4.71. The first-order valence-corrected chi connectivity index (χ1v) is 8.36. The third-order valence-electron chi connectivity index (χ3n) is 3.04. The molecule has 0 unspecified atom stereocenters. The number of nitrogens with zero attached hydrogens (tertiary/aromatic N) is 5. The summed E-state index contributed by atoms with van der Waals surface area (Å²) >= 11 is 7.58. The van der Waals surface area contributed by atoms with E-state index in [-0.39, 0.29) is 0 Å². The molecule has 122 valence electrons. The number of anilines is 1. The summed E-state index contributed by atoms with van der Waals surface area (Å²) in [4.78, 5) is 4.00. The number of pyridine rings is 1. The van der Waals surface area contributed by atoms with E-state index >= 15 is 0 Å². The van der Waals surface area contributed by atoms with Crippen molar-refractivity contribution in [2.24, 2.45) is 5.10 Å². The molecule has 7 nitrogen and oxygen atoms in total. The summed E-state index contributed by atoms with van der Waals surface area (Å²) in [6.07, 6.45) is 5.02. The number of hydrazone groups is 1. The molecule has 0 saturated carbocycles. The van der Waals surface area contributed by atoms with Gasteiger partial charge in [-0.1, -0.05) is 47.6 Å². The molecule has 24 heavy (non-hydrogen) atoms. The molecule has 0 aliphatic heterocycles. The number of aromatic nitrogens is 4. The first-order chi connectivity index (χ1) is 11.7. The first kappa shape index (κ1) is 16.3. The maximum atomic E-state index is 6.14. The van der Waals surface area contributed by atoms with E-state index in [2.05, 4.69) is 25.7 Å². The normalized spacial score (nSPS) is 11.0. The van der Waals surface area contributed by atoms with E-state index in [4.69, 9.17) is 17.4 Å². The SMILES string of the molecule is Nn1c(N/N=C/c2cccnc2)nnc1SCc1ccccc1Cl. The summed E-state index contributed by atoms with van der Waals surface area (Å²) in [6, 6.07) is 11.4. The molecule has 0 spiro atoms. The summed E-state index contributed by atoms with van der Waals surface area (Å²) < 4.78 is 1.35. The molecule has 0 radical (unpaired) electrons. The van der Waals surface area contributed by atoms with Crippen LogP contribution in [0.4, 0.5) is 5.95 Å². The van der Waals surface area contributed by atoms with Crippen molar-refractivity contribution in [3.63, 3.8) is 0 Å². The molecule has 0 fully saturated rings. The van der Waals surface area contributed by atoms with Crippen molar-refractivity contribution < 1.29 is 0 Å². The average Bonchev–Trinajstić information content (AvgIpc) is 2.95. The van der Waals surface area contributed by atoms with Crippen LogP contribution in [0.15, 0.2) is 59.0 Å². The van der Waals surface area contributed by atoms with Gasteiger partial charge in [-0.25, -0.2) is 10.1 Å². The molecule has 2 aromatic heterocycles. The minimum Gasteiger partial charge on any atom is -0.334 e. The fraction of sp³-hybridized carbons (Fsp3) is 0.0667. The zero-order chi connectivity index (χ0) is 16.8. The summed E-state index contributed by atoms with van der Waals surface area (Å²) in [7, 11) is 0. The Morgan fingerprint density at radius 2 is 2.12 bits per heavy atom. The highest BCUT2D eigenvalue weighted by Crippen LogP contribution is 2.25. The van der Waals surface area contributed by atoms with Crippen molar-refractivity contribution in [2.45, 2.75) is 10.9 Å². The summed E-state index contributed by atoms with van der Waals surface area (Å²) in [5.74, 6) is 6.97. The Hall–Kier alpha value is -2.58. The zero-order valence-electron chi connectivity index (χ0n) is 12.5. The third-order valence-corrected chi connectivity index (χ3v) is 4.40. The monoisotopic (exact) mass is 359 g/mol. The number of hydrogen-bond acceptors (Lipinski definition) is 7. The highest BCUT2D eigenvalue weighted by atomic mass is 35.5. The van der Waals surface area contributed by atoms with Crippen LogP contribution < -0.4 is 11.3 Å². The minimum absolute atomic E-state index is 0.344. The van der Waals surface area contributed by atoms with Crippen molar-refractivity contribution >= 4 is 35.5 Å². The number of benzene rings is 1. The quantitative estimate of drug-likeness (QED) is 0.304. The molecule has 2 heterocycles. The van der Waals surface area contributed by atoms with Crippen LogP contribution in [0.5, 0.6) is 0 Å². The van der Waals surface area contributed by atoms with Crippen LogP contribution in [-0.2, 0) is 5.75 Å². The van der Waals surface area contributed by atoms with Gasteiger partial charge in [-0.2, -0.15) is 5.10 Å². The molecule has 9 heteroatoms. The average molecular weight is 360 g/mol. The van der Waals surface area contributed by atoms with Gasteiger partial charge in [0.1, 0.15) is 0 Å². The smallest absolute Gasteiger partial charge is 0.264 e. The van der Waals surface area contributed by atoms with Crippen LogP contribution in [-0.4, -0.2) is 26.1 Å². The molecular formula is C15H14ClN7S. The standard InChI is InChI=1S/C15H14ClN7S/c16-13-6-2-1-5-12(13)10-24-15-22-21-14(23(15)17)20-19-9-11-4-3-7-18-8-11/h1-9H,10,17H2,(H,20,21)/b19-9+. The number of nitrogens with one attached hydrogen (secondary N) is 1. The fourth-order valence-corrected chi connectivity index (χ4v) is 2.97. The van der Waals surface area contributed by atoms with E-state index in [9.17, 15) is 0 Å². The van der Waals surface area contributed by atoms with E-state index in [1.807, 2.05) is 36.4 Å². The molecule has 0 saturated heterocycles. The Bertz CT molecular complexity index is 835. The predicted molar refractivity (Wildman–Crippen MR) is 96.6 cm³/mol. The predicted octanol–water partition coefficient (Wildman–Crippen LogP) is 2.78. The van der Waals surface area contributed by atoms with Gasteiger partial charge in [0.15, 0.2) is 0 Å². The van der Waals surface area contributed by atoms with Crippen molar-refractivity contribution in [2.75, 3.05) is 11.3 Å². The van der Waals surface area contributed by atoms with Crippen LogP contribution in [0.3, 0.4) is 0 Å². The molecule has 1 aromatic carbocycles. The van der Waals surface area contributed by atoms with Crippen LogP contribution in [0.1, 0.15) is 11.1 Å². The Morgan fingerprint density at radius 1 is 1.25 bits per heavy atom. The molecule has 3 N–H and O–H groups in total. The van der Waals surface area contributed by atoms with E-state index in [0.717, 1.165) is 11.1 Å². The molecule has 3 rings (SSSR count). The highest BCUT2D eigenvalue weighted by Gasteiger charge is 2.10. The Labute approximate surface area is 147 Å². The van der Waals surface area contributed by atoms with Crippen molar-refractivity contribution in [3.8, 4) is 0 Å². The topological polar surface area (TPSA) is 94.0 Å². The van der Waals surface area contributed by atoms with Crippen LogP contribution >= 0.6 is 23.4 Å². The second-order valence-corrected chi connectivity index (χ2v) is 6.06. The first-order valence-electron chi connectivity index (χ1n) is 7.00. The molecule has 0 amide bonds. The van der Waals surface area contributed by atoms with E-state index in [0.29, 0.717) is 21.9 Å². The van der Waals surface area contributed by atoms with Gasteiger partial charge in [0.25, 0.3) is 5.95 Å². The molecule has 0 aliphatic carbocycles. The maximum absolute atomic E-state index is 6.14. The number of nitrogens with two attached hydrogens (primary N) is 1. The summed E-state index contributed by atoms with van der Waals surface area (Å²) in [5, 5.41) is 13.4. The van der Waals surface area contributed by atoms with Gasteiger partial charge in [0, 0.05) is 28.7 Å². The van der Waals surface area contributed by atoms with Gasteiger partial charge >= 0.3 is 0 Å². The number of hydrogen-bond donors (Lipinski definition) is 2. The van der Waals surface area contributed by atoms with Gasteiger partial charge in [-0.15, -0.1) is 10.2 Å². The van der Waals surface area contributed by atoms with Crippen molar-refractivity contribution in [3.05, 3.63) is 64.9 Å². The number of rotatable bonds is 6. The van der Waals surface area contributed by atoms with E-state index in [1.165, 1.54) is 16.4 Å². The van der Waals surface area contributed by atoms with Crippen molar-refractivity contribution in [1.29, 1.82) is 0 Å². The van der Waals surface area contributed by atoms with Crippen LogP contribution in [0.25, 0.3) is 0 Å². The van der Waals surface area contributed by atoms with Gasteiger partial charge in [0.2, 0.25) is 5.16 Å². The molecule has 0 aliphatic rings. The van der Waals surface area contributed by atoms with Crippen molar-refractivity contribution in [1.82, 2.24) is 19.9 Å². The second kappa shape index (κ2) is 7.80. The third kappa shape index (κ3) is 4.03. The Balaban J connectivity index is 1.61. The number of thioether (sulfide) groups is 1. The molecule has 3 aromatic rings. The number of halogens is 1. The highest BCUT2D eigenvalue weighted by molar-refractivity contribution is 7.98. The lowest BCUT2D eigenvalue weighted by atomic mass is 10.2. The maximum Gasteiger partial charge on any atom is 0.264 e. The summed E-state index contributed by atoms with van der Waals surface area (Å²) in [6.45, 7) is 0. The van der Waals surface area contributed by atoms with Gasteiger partial charge in [-0.05, 0) is 17.7 Å². The fourth-order valence-electron chi connectivity index (χ4n) is 1.83. The molecular weight excluding hydrogens is 346 g/mol. The van der Waals surface area contributed by atoms with E-state index < -0.39 is 0 Å². The minimum atomic E-state index is 0.344. The molecule has 0 atom stereocenters. The zero-order valence-corrected chi connectivity index (χ0v) is 14.1. The lowest BCUT2D eigenvalue weighted by molar-refractivity contribution is 0.847. The largest absolute Gasteiger partial charge is 0.334 e. The lowest BCUT2D eigenvalue weighted by Gasteiger charge is -2.04. The summed E-state index contributed by atoms with van der Waals surface area (Å²) in [5.41, 5.74) is 4.63. The van der Waals surface area contributed by atoms with Crippen LogP contribution in [0.2, 0.25) is 5.02 Å². The number of nitrogen functional groups attached to an aromatic ring is 1. The Kier molecular flexibility index (Phi) is 5.29. The Morgan fingerprint density at radius 3 is 2.92 bits per heavy atom. The van der Waals surface area contributed by atoms with Gasteiger partial charge in [0.05, 0.1) is 6.21 Å². The lowest BCUT2D eigenvalue weighted by Crippen LogP contribution is -2.13. The van der Waals surface area contributed by atoms with E-state index in [1.54, 1.807) is 18.6 Å². The molecule has 0 bridgehead atoms. The van der Waals surface area contributed by atoms with Gasteiger partial charge in [-0.3, -0.25) is 4.98 Å².